The van der Waals surface area contributed by atoms with Crippen LogP contribution in [0.5, 0.6) is 11.5 Å². The molecule has 0 unspecified atom stereocenters. The van der Waals surface area contributed by atoms with Gasteiger partial charge >= 0.3 is 0 Å². The minimum Gasteiger partial charge on any atom is -0.455 e. The van der Waals surface area contributed by atoms with Crippen LogP contribution in [0.4, 0.5) is 11.4 Å². The van der Waals surface area contributed by atoms with Crippen LogP contribution in [0.2, 0.25) is 0 Å². The molecule has 0 aliphatic rings. The van der Waals surface area contributed by atoms with Gasteiger partial charge in [-0.15, -0.1) is 0 Å². The summed E-state index contributed by atoms with van der Waals surface area (Å²) in [6, 6.07) is 15.2. The van der Waals surface area contributed by atoms with Gasteiger partial charge in [-0.2, -0.15) is 0 Å². The van der Waals surface area contributed by atoms with E-state index in [1.54, 1.807) is 0 Å². The molecule has 2 aromatic carbocycles. The molecule has 0 amide bonds. The van der Waals surface area contributed by atoms with E-state index in [0.717, 1.165) is 46.0 Å². The van der Waals surface area contributed by atoms with Crippen molar-refractivity contribution in [3.05, 3.63) is 59.9 Å². The molecule has 4 rings (SSSR count). The second-order valence-electron chi connectivity index (χ2n) is 7.52. The molecule has 4 N–H and O–H groups in total. The maximum Gasteiger partial charge on any atom is 0.241 e. The first-order chi connectivity index (χ1) is 14.4. The van der Waals surface area contributed by atoms with E-state index in [4.69, 9.17) is 20.9 Å². The number of benzene rings is 2. The Labute approximate surface area is 175 Å². The van der Waals surface area contributed by atoms with Crippen LogP contribution in [0.25, 0.3) is 21.8 Å². The molecule has 0 aliphatic carbocycles. The van der Waals surface area contributed by atoms with Gasteiger partial charge in [-0.1, -0.05) is 6.92 Å². The maximum atomic E-state index is 6.17. The number of rotatable bonds is 6. The Hall–Kier alpha value is -3.54. The van der Waals surface area contributed by atoms with E-state index < -0.39 is 6.29 Å². The number of nitrogen functional groups attached to an aromatic ring is 2. The molecule has 0 bridgehead atoms. The summed E-state index contributed by atoms with van der Waals surface area (Å²) in [6.45, 7) is 5.95. The molecule has 0 saturated carbocycles. The van der Waals surface area contributed by atoms with E-state index in [1.165, 1.54) is 0 Å². The number of nitrogens with zero attached hydrogens (tertiary/aromatic N) is 2. The average Bonchev–Trinajstić information content (AvgIpc) is 2.69. The van der Waals surface area contributed by atoms with Crippen molar-refractivity contribution >= 4 is 33.2 Å². The van der Waals surface area contributed by atoms with Crippen molar-refractivity contribution in [2.45, 2.75) is 39.9 Å². The van der Waals surface area contributed by atoms with Crippen molar-refractivity contribution in [3.8, 4) is 11.5 Å². The zero-order valence-corrected chi connectivity index (χ0v) is 17.5. The summed E-state index contributed by atoms with van der Waals surface area (Å²) in [7, 11) is 0. The fourth-order valence-electron chi connectivity index (χ4n) is 3.57. The molecule has 0 radical (unpaired) electrons. The number of pyridine rings is 2. The molecule has 6 heteroatoms. The van der Waals surface area contributed by atoms with Crippen LogP contribution in [-0.4, -0.2) is 16.3 Å². The number of hydrogen-bond acceptors (Lipinski definition) is 6. The van der Waals surface area contributed by atoms with E-state index >= 15 is 0 Å². The van der Waals surface area contributed by atoms with Crippen molar-refractivity contribution in [2.24, 2.45) is 0 Å². The molecule has 0 atom stereocenters. The molecule has 0 spiro atoms. The fourth-order valence-corrected chi connectivity index (χ4v) is 3.57. The molecule has 0 saturated heterocycles. The number of ether oxygens (including phenoxy) is 2. The second kappa shape index (κ2) is 8.06. The van der Waals surface area contributed by atoms with Crippen LogP contribution in [0.15, 0.2) is 48.5 Å². The first-order valence-electron chi connectivity index (χ1n) is 10.1. The summed E-state index contributed by atoms with van der Waals surface area (Å²) < 4.78 is 12.3. The molecule has 6 nitrogen and oxygen atoms in total. The maximum absolute atomic E-state index is 6.17. The highest BCUT2D eigenvalue weighted by Gasteiger charge is 2.14. The Bertz CT molecular complexity index is 1130. The summed E-state index contributed by atoms with van der Waals surface area (Å²) in [5.74, 6) is 1.38. The quantitative estimate of drug-likeness (QED) is 0.433. The molecule has 0 fully saturated rings. The van der Waals surface area contributed by atoms with Gasteiger partial charge in [0.05, 0.1) is 11.0 Å². The third kappa shape index (κ3) is 4.08. The van der Waals surface area contributed by atoms with Gasteiger partial charge in [0.15, 0.2) is 0 Å². The SMILES string of the molecule is CCCC(Oc1ccc2nc(C)cc(N)c2c1)Oc1ccc2nc(C)cc(N)c2c1. The third-order valence-corrected chi connectivity index (χ3v) is 4.94. The van der Waals surface area contributed by atoms with Crippen molar-refractivity contribution in [2.75, 3.05) is 11.5 Å². The van der Waals surface area contributed by atoms with Crippen molar-refractivity contribution in [3.63, 3.8) is 0 Å². The van der Waals surface area contributed by atoms with Gasteiger partial charge in [0.1, 0.15) is 11.5 Å². The lowest BCUT2D eigenvalue weighted by atomic mass is 10.1. The summed E-state index contributed by atoms with van der Waals surface area (Å²) >= 11 is 0. The Kier molecular flexibility index (Phi) is 5.31. The van der Waals surface area contributed by atoms with Gasteiger partial charge in [0, 0.05) is 40.0 Å². The molecular formula is C24H26N4O2. The average molecular weight is 402 g/mol. The zero-order chi connectivity index (χ0) is 21.3. The van der Waals surface area contributed by atoms with Crippen LogP contribution in [0.1, 0.15) is 31.2 Å². The molecule has 2 aromatic heterocycles. The number of nitrogens with two attached hydrogens (primary N) is 2. The van der Waals surface area contributed by atoms with E-state index in [1.807, 2.05) is 62.4 Å². The number of aryl methyl sites for hydroxylation is 2. The monoisotopic (exact) mass is 402 g/mol. The molecule has 2 heterocycles. The molecule has 4 aromatic rings. The molecule has 154 valence electrons. The first-order valence-corrected chi connectivity index (χ1v) is 10.1. The predicted octanol–water partition coefficient (Wildman–Crippen LogP) is 5.15. The lowest BCUT2D eigenvalue weighted by molar-refractivity contribution is -0.000833. The van der Waals surface area contributed by atoms with Gasteiger partial charge in [0.25, 0.3) is 0 Å². The van der Waals surface area contributed by atoms with Crippen molar-refractivity contribution < 1.29 is 9.47 Å². The van der Waals surface area contributed by atoms with Gasteiger partial charge in [0.2, 0.25) is 6.29 Å². The van der Waals surface area contributed by atoms with Crippen LogP contribution >= 0.6 is 0 Å². The van der Waals surface area contributed by atoms with E-state index in [0.29, 0.717) is 22.9 Å². The van der Waals surface area contributed by atoms with E-state index in [9.17, 15) is 0 Å². The zero-order valence-electron chi connectivity index (χ0n) is 17.5. The highest BCUT2D eigenvalue weighted by molar-refractivity contribution is 5.92. The van der Waals surface area contributed by atoms with Crippen LogP contribution < -0.4 is 20.9 Å². The lowest BCUT2D eigenvalue weighted by Crippen LogP contribution is -2.23. The minimum atomic E-state index is -0.441. The number of aromatic nitrogens is 2. The summed E-state index contributed by atoms with van der Waals surface area (Å²) in [4.78, 5) is 9.04. The fraction of sp³-hybridized carbons (Fsp3) is 0.250. The lowest BCUT2D eigenvalue weighted by Gasteiger charge is -2.21. The summed E-state index contributed by atoms with van der Waals surface area (Å²) in [5.41, 5.74) is 17.2. The number of hydrogen-bond donors (Lipinski definition) is 2. The molecular weight excluding hydrogens is 376 g/mol. The van der Waals surface area contributed by atoms with Crippen molar-refractivity contribution in [1.82, 2.24) is 9.97 Å². The van der Waals surface area contributed by atoms with Gasteiger partial charge < -0.3 is 20.9 Å². The number of anilines is 2. The molecule has 30 heavy (non-hydrogen) atoms. The Balaban J connectivity index is 1.60. The van der Waals surface area contributed by atoms with Crippen LogP contribution in [0.3, 0.4) is 0 Å². The second-order valence-corrected chi connectivity index (χ2v) is 7.52. The molecule has 0 aliphatic heterocycles. The highest BCUT2D eigenvalue weighted by Crippen LogP contribution is 2.29. The first kappa shape index (κ1) is 19.8. The van der Waals surface area contributed by atoms with E-state index in [2.05, 4.69) is 16.9 Å². The summed E-state index contributed by atoms with van der Waals surface area (Å²) in [6.07, 6.45) is 1.21. The smallest absolute Gasteiger partial charge is 0.241 e. The minimum absolute atomic E-state index is 0.441. The Morgan fingerprint density at radius 3 is 1.67 bits per heavy atom. The third-order valence-electron chi connectivity index (χ3n) is 4.94. The van der Waals surface area contributed by atoms with Crippen LogP contribution in [0, 0.1) is 13.8 Å². The standard InChI is InChI=1S/C24H26N4O2/c1-4-5-24(29-16-6-8-22-18(12-16)20(25)10-14(2)27-22)30-17-7-9-23-19(13-17)21(26)11-15(3)28-23/h6-13,24H,4-5H2,1-3H3,(H2,25,27)(H2,26,28). The highest BCUT2D eigenvalue weighted by atomic mass is 16.7. The Morgan fingerprint density at radius 2 is 1.23 bits per heavy atom. The van der Waals surface area contributed by atoms with Gasteiger partial charge in [-0.25, -0.2) is 0 Å². The number of fused-ring (bicyclic) bond motifs is 2. The van der Waals surface area contributed by atoms with Crippen molar-refractivity contribution in [1.29, 1.82) is 0 Å². The predicted molar refractivity (Wildman–Crippen MR) is 122 cm³/mol. The largest absolute Gasteiger partial charge is 0.455 e. The Morgan fingerprint density at radius 1 is 0.767 bits per heavy atom. The topological polar surface area (TPSA) is 96.3 Å². The van der Waals surface area contributed by atoms with Gasteiger partial charge in [-0.05, 0) is 68.8 Å². The normalized spacial score (nSPS) is 11.3. The van der Waals surface area contributed by atoms with Crippen LogP contribution in [-0.2, 0) is 0 Å². The van der Waals surface area contributed by atoms with Gasteiger partial charge in [-0.3, -0.25) is 9.97 Å². The summed E-state index contributed by atoms with van der Waals surface area (Å²) in [5, 5.41) is 1.74. The van der Waals surface area contributed by atoms with E-state index in [-0.39, 0.29) is 0 Å².